The largest absolute Gasteiger partial charge is 0.490 e. The molecule has 1 saturated carbocycles. The lowest BCUT2D eigenvalue weighted by Gasteiger charge is -2.36. The highest BCUT2D eigenvalue weighted by Gasteiger charge is 2.31. The molecule has 4 atom stereocenters. The monoisotopic (exact) mass is 637 g/mol. The summed E-state index contributed by atoms with van der Waals surface area (Å²) in [5.74, 6) is -0.388. The van der Waals surface area contributed by atoms with Crippen LogP contribution in [0.15, 0.2) is 42.7 Å². The number of carbonyl (C=O) groups excluding carboxylic acids is 3. The predicted octanol–water partition coefficient (Wildman–Crippen LogP) is 5.10. The number of nitrogens with one attached hydrogen (secondary N) is 2. The Bertz CT molecular complexity index is 1290. The van der Waals surface area contributed by atoms with Crippen molar-refractivity contribution in [3.05, 3.63) is 53.9 Å². The third kappa shape index (κ3) is 9.90. The molecule has 1 aliphatic carbocycles. The molecule has 4 rings (SSSR count). The highest BCUT2D eigenvalue weighted by Crippen LogP contribution is 2.29. The second-order valence-electron chi connectivity index (χ2n) is 12.9. The van der Waals surface area contributed by atoms with Gasteiger partial charge in [0.1, 0.15) is 5.75 Å². The molecule has 0 spiro atoms. The average molecular weight is 638 g/mol. The molecule has 0 radical (unpaired) electrons. The minimum Gasteiger partial charge on any atom is -0.490 e. The van der Waals surface area contributed by atoms with Crippen LogP contribution in [0, 0.1) is 5.92 Å². The number of likely N-dealkylation sites (N-methyl/N-ethyl adjacent to an activating group) is 1. The van der Waals surface area contributed by atoms with Crippen molar-refractivity contribution in [2.24, 2.45) is 5.92 Å². The van der Waals surface area contributed by atoms with E-state index in [1.165, 1.54) is 6.42 Å². The van der Waals surface area contributed by atoms with Crippen molar-refractivity contribution in [1.29, 1.82) is 0 Å². The molecule has 11 nitrogen and oxygen atoms in total. The van der Waals surface area contributed by atoms with Gasteiger partial charge in [-0.2, -0.15) is 0 Å². The quantitative estimate of drug-likeness (QED) is 0.385. The van der Waals surface area contributed by atoms with Crippen LogP contribution in [0.5, 0.6) is 5.75 Å². The zero-order valence-corrected chi connectivity index (χ0v) is 27.7. The Morgan fingerprint density at radius 3 is 2.50 bits per heavy atom. The van der Waals surface area contributed by atoms with E-state index in [9.17, 15) is 19.5 Å². The number of urea groups is 1. The van der Waals surface area contributed by atoms with E-state index >= 15 is 0 Å². The maximum Gasteiger partial charge on any atom is 0.317 e. The number of benzene rings is 1. The van der Waals surface area contributed by atoms with Crippen LogP contribution in [0.2, 0.25) is 0 Å². The van der Waals surface area contributed by atoms with Crippen molar-refractivity contribution in [3.63, 3.8) is 0 Å². The van der Waals surface area contributed by atoms with Crippen molar-refractivity contribution in [1.82, 2.24) is 20.1 Å². The van der Waals surface area contributed by atoms with E-state index in [1.807, 2.05) is 13.8 Å². The van der Waals surface area contributed by atoms with Crippen LogP contribution >= 0.6 is 0 Å². The second kappa shape index (κ2) is 17.3. The molecular weight excluding hydrogens is 586 g/mol. The molecule has 1 aromatic heterocycles. The molecule has 1 fully saturated rings. The molecule has 2 heterocycles. The van der Waals surface area contributed by atoms with Crippen molar-refractivity contribution < 1.29 is 29.0 Å². The lowest BCUT2D eigenvalue weighted by atomic mass is 9.96. The summed E-state index contributed by atoms with van der Waals surface area (Å²) >= 11 is 0. The fourth-order valence-electron chi connectivity index (χ4n) is 6.05. The molecule has 0 unspecified atom stereocenters. The van der Waals surface area contributed by atoms with E-state index < -0.39 is 6.04 Å². The Morgan fingerprint density at radius 1 is 1.07 bits per heavy atom. The van der Waals surface area contributed by atoms with Crippen molar-refractivity contribution in [3.8, 4) is 5.75 Å². The minimum atomic E-state index is -0.504. The number of amides is 4. The molecule has 46 heavy (non-hydrogen) atoms. The molecule has 1 aromatic carbocycles. The zero-order valence-electron chi connectivity index (χ0n) is 27.7. The van der Waals surface area contributed by atoms with Crippen LogP contribution in [0.4, 0.5) is 10.5 Å². The van der Waals surface area contributed by atoms with E-state index in [0.29, 0.717) is 35.7 Å². The van der Waals surface area contributed by atoms with Gasteiger partial charge in [0.25, 0.3) is 11.8 Å². The smallest absolute Gasteiger partial charge is 0.317 e. The third-order valence-electron chi connectivity index (χ3n) is 8.99. The Kier molecular flexibility index (Phi) is 13.2. The fourth-order valence-corrected chi connectivity index (χ4v) is 6.05. The van der Waals surface area contributed by atoms with Crippen molar-refractivity contribution >= 4 is 23.5 Å². The number of hydrogen-bond donors (Lipinski definition) is 3. The normalized spacial score (nSPS) is 22.5. The van der Waals surface area contributed by atoms with Gasteiger partial charge < -0.3 is 35.0 Å². The predicted molar refractivity (Wildman–Crippen MR) is 177 cm³/mol. The fraction of sp³-hybridized carbons (Fsp3) is 0.600. The van der Waals surface area contributed by atoms with Gasteiger partial charge in [-0.05, 0) is 76.3 Å². The number of rotatable bonds is 7. The standard InChI is InChI=1S/C35H51N5O6/c1-24-21-40(25(2)23-41)34(43)30-20-29(37-33(42)27-15-17-36-18-16-27)13-14-31(30)46-26(3)10-8-9-19-45-32(24)22-39(4)35(44)38-28-11-6-5-7-12-28/h13-18,20,24-26,28,32,41H,5-12,19,21-23H2,1-4H3,(H,37,42)(H,38,44)/t24-,25-,26-,32-/m0/s1. The molecule has 2 aliphatic rings. The minimum absolute atomic E-state index is 0.111. The Hall–Kier alpha value is -3.70. The van der Waals surface area contributed by atoms with Gasteiger partial charge in [0.05, 0.1) is 30.4 Å². The first kappa shape index (κ1) is 35.2. The molecular formula is C35H51N5O6. The Balaban J connectivity index is 1.58. The number of nitrogens with zero attached hydrogens (tertiary/aromatic N) is 3. The maximum atomic E-state index is 14.3. The topological polar surface area (TPSA) is 133 Å². The van der Waals surface area contributed by atoms with Gasteiger partial charge in [-0.1, -0.05) is 26.2 Å². The lowest BCUT2D eigenvalue weighted by Crippen LogP contribution is -2.50. The van der Waals surface area contributed by atoms with Gasteiger partial charge in [0.15, 0.2) is 0 Å². The first-order valence-corrected chi connectivity index (χ1v) is 16.7. The molecule has 0 bridgehead atoms. The van der Waals surface area contributed by atoms with E-state index in [1.54, 1.807) is 66.5 Å². The zero-order chi connectivity index (χ0) is 33.1. The van der Waals surface area contributed by atoms with Gasteiger partial charge in [0, 0.05) is 62.3 Å². The van der Waals surface area contributed by atoms with E-state index in [2.05, 4.69) is 15.6 Å². The summed E-state index contributed by atoms with van der Waals surface area (Å²) < 4.78 is 12.7. The van der Waals surface area contributed by atoms with Crippen molar-refractivity contribution in [2.45, 2.75) is 96.4 Å². The Morgan fingerprint density at radius 2 is 1.78 bits per heavy atom. The summed E-state index contributed by atoms with van der Waals surface area (Å²) in [4.78, 5) is 47.6. The average Bonchev–Trinajstić information content (AvgIpc) is 3.06. The maximum absolute atomic E-state index is 14.3. The molecule has 2 aromatic rings. The molecule has 252 valence electrons. The summed E-state index contributed by atoms with van der Waals surface area (Å²) in [6.45, 7) is 6.73. The molecule has 1 aliphatic heterocycles. The number of aromatic nitrogens is 1. The number of anilines is 1. The van der Waals surface area contributed by atoms with Gasteiger partial charge in [-0.15, -0.1) is 0 Å². The summed E-state index contributed by atoms with van der Waals surface area (Å²) in [6.07, 6.45) is 10.6. The first-order valence-electron chi connectivity index (χ1n) is 16.7. The highest BCUT2D eigenvalue weighted by atomic mass is 16.5. The molecule has 3 N–H and O–H groups in total. The van der Waals surface area contributed by atoms with E-state index in [0.717, 1.165) is 44.9 Å². The number of ether oxygens (including phenoxy) is 2. The summed E-state index contributed by atoms with van der Waals surface area (Å²) in [6, 6.07) is 7.90. The van der Waals surface area contributed by atoms with Crippen LogP contribution in [-0.2, 0) is 4.74 Å². The summed E-state index contributed by atoms with van der Waals surface area (Å²) in [5.41, 5.74) is 1.19. The Labute approximate surface area is 273 Å². The van der Waals surface area contributed by atoms with Gasteiger partial charge in [0.2, 0.25) is 0 Å². The van der Waals surface area contributed by atoms with Gasteiger partial charge >= 0.3 is 6.03 Å². The molecule has 4 amide bonds. The van der Waals surface area contributed by atoms with Crippen LogP contribution in [0.1, 0.15) is 92.9 Å². The van der Waals surface area contributed by atoms with Crippen molar-refractivity contribution in [2.75, 3.05) is 38.7 Å². The van der Waals surface area contributed by atoms with E-state index in [-0.39, 0.29) is 55.2 Å². The van der Waals surface area contributed by atoms with Crippen LogP contribution < -0.4 is 15.4 Å². The van der Waals surface area contributed by atoms with Crippen LogP contribution in [0.25, 0.3) is 0 Å². The van der Waals surface area contributed by atoms with Crippen LogP contribution in [-0.4, -0.2) is 95.4 Å². The number of carbonyl (C=O) groups is 3. The lowest BCUT2D eigenvalue weighted by molar-refractivity contribution is -0.0123. The van der Waals surface area contributed by atoms with Gasteiger partial charge in [-0.25, -0.2) is 4.79 Å². The highest BCUT2D eigenvalue weighted by molar-refractivity contribution is 6.05. The van der Waals surface area contributed by atoms with Crippen LogP contribution in [0.3, 0.4) is 0 Å². The molecule has 11 heteroatoms. The SMILES string of the molecule is C[C@H]1CCCCO[C@@H](CN(C)C(=O)NC2CCCCC2)[C@@H](C)CN([C@@H](C)CO)C(=O)c2cc(NC(=O)c3ccncc3)ccc2O1. The number of pyridine rings is 1. The third-order valence-corrected chi connectivity index (χ3v) is 8.99. The molecule has 0 saturated heterocycles. The summed E-state index contributed by atoms with van der Waals surface area (Å²) in [7, 11) is 1.79. The second-order valence-corrected chi connectivity index (χ2v) is 12.9. The first-order chi connectivity index (χ1) is 22.2. The number of aliphatic hydroxyl groups excluding tert-OH is 1. The van der Waals surface area contributed by atoms with Gasteiger partial charge in [-0.3, -0.25) is 14.6 Å². The number of fused-ring (bicyclic) bond motifs is 1. The number of aliphatic hydroxyl groups is 1. The number of hydrogen-bond acceptors (Lipinski definition) is 7. The summed E-state index contributed by atoms with van der Waals surface area (Å²) in [5, 5.41) is 16.3. The van der Waals surface area contributed by atoms with E-state index in [4.69, 9.17) is 9.47 Å².